The largest absolute Gasteiger partial charge is 0.367 e. The van der Waals surface area contributed by atoms with Crippen molar-refractivity contribution in [2.75, 3.05) is 11.9 Å². The second kappa shape index (κ2) is 8.91. The van der Waals surface area contributed by atoms with Gasteiger partial charge in [0.15, 0.2) is 0 Å². The maximum atomic E-state index is 12.0. The predicted octanol–water partition coefficient (Wildman–Crippen LogP) is 4.94. The van der Waals surface area contributed by atoms with E-state index in [2.05, 4.69) is 47.2 Å². The van der Waals surface area contributed by atoms with Crippen LogP contribution in [-0.4, -0.2) is 17.4 Å². The summed E-state index contributed by atoms with van der Waals surface area (Å²) in [6.45, 7) is 6.41. The second-order valence-corrected chi connectivity index (χ2v) is 7.16. The molecule has 0 aromatic heterocycles. The SMILES string of the molecule is Cc1cc(COCC(=O)Nc2cccc([N+](=O)[O-])c2)c(C(C)C)cc1Br. The fourth-order valence-electron chi connectivity index (χ4n) is 2.57. The summed E-state index contributed by atoms with van der Waals surface area (Å²) in [4.78, 5) is 22.3. The summed E-state index contributed by atoms with van der Waals surface area (Å²) in [6.07, 6.45) is 0. The van der Waals surface area contributed by atoms with Crippen molar-refractivity contribution >= 4 is 33.2 Å². The third-order valence-corrected chi connectivity index (χ3v) is 4.73. The molecule has 1 amide bonds. The van der Waals surface area contributed by atoms with Crippen molar-refractivity contribution in [2.24, 2.45) is 0 Å². The minimum atomic E-state index is -0.504. The van der Waals surface area contributed by atoms with Gasteiger partial charge in [0, 0.05) is 22.3 Å². The van der Waals surface area contributed by atoms with Crippen molar-refractivity contribution in [1.82, 2.24) is 0 Å². The molecular weight excluding hydrogens is 400 g/mol. The molecule has 2 rings (SSSR count). The number of nitro benzene ring substituents is 1. The van der Waals surface area contributed by atoms with Gasteiger partial charge in [-0.05, 0) is 41.7 Å². The van der Waals surface area contributed by atoms with Crippen LogP contribution in [0.25, 0.3) is 0 Å². The van der Waals surface area contributed by atoms with Crippen LogP contribution in [0.1, 0.15) is 36.5 Å². The molecule has 1 N–H and O–H groups in total. The van der Waals surface area contributed by atoms with Gasteiger partial charge in [0.25, 0.3) is 5.69 Å². The summed E-state index contributed by atoms with van der Waals surface area (Å²) in [5.41, 5.74) is 3.62. The number of hydrogen-bond donors (Lipinski definition) is 1. The maximum absolute atomic E-state index is 12.0. The van der Waals surface area contributed by atoms with E-state index in [9.17, 15) is 14.9 Å². The number of rotatable bonds is 7. The Morgan fingerprint density at radius 3 is 2.69 bits per heavy atom. The van der Waals surface area contributed by atoms with Gasteiger partial charge in [-0.15, -0.1) is 0 Å². The van der Waals surface area contributed by atoms with Gasteiger partial charge < -0.3 is 10.1 Å². The molecule has 0 bridgehead atoms. The van der Waals surface area contributed by atoms with Crippen LogP contribution in [0.5, 0.6) is 0 Å². The highest BCUT2D eigenvalue weighted by Gasteiger charge is 2.12. The van der Waals surface area contributed by atoms with E-state index in [0.29, 0.717) is 18.2 Å². The minimum Gasteiger partial charge on any atom is -0.367 e. The summed E-state index contributed by atoms with van der Waals surface area (Å²) in [7, 11) is 0. The van der Waals surface area contributed by atoms with Gasteiger partial charge in [-0.25, -0.2) is 0 Å². The molecule has 0 radical (unpaired) electrons. The summed E-state index contributed by atoms with van der Waals surface area (Å²) < 4.78 is 6.61. The highest BCUT2D eigenvalue weighted by Crippen LogP contribution is 2.27. The molecule has 0 fully saturated rings. The molecule has 0 atom stereocenters. The molecule has 0 saturated carbocycles. The number of carbonyl (C=O) groups excluding carboxylic acids is 1. The van der Waals surface area contributed by atoms with E-state index in [-0.39, 0.29) is 18.2 Å². The third-order valence-electron chi connectivity index (χ3n) is 3.87. The van der Waals surface area contributed by atoms with E-state index in [1.807, 2.05) is 6.92 Å². The number of halogens is 1. The number of ether oxygens (including phenoxy) is 1. The van der Waals surface area contributed by atoms with E-state index < -0.39 is 4.92 Å². The van der Waals surface area contributed by atoms with Crippen molar-refractivity contribution in [1.29, 1.82) is 0 Å². The molecule has 7 heteroatoms. The Hall–Kier alpha value is -2.25. The summed E-state index contributed by atoms with van der Waals surface area (Å²) in [5.74, 6) is -0.0189. The number of anilines is 1. The monoisotopic (exact) mass is 420 g/mol. The van der Waals surface area contributed by atoms with E-state index in [4.69, 9.17) is 4.74 Å². The Morgan fingerprint density at radius 1 is 1.31 bits per heavy atom. The molecule has 0 aliphatic carbocycles. The first-order valence-corrected chi connectivity index (χ1v) is 8.98. The molecule has 0 heterocycles. The van der Waals surface area contributed by atoms with Gasteiger partial charge in [0.05, 0.1) is 11.5 Å². The number of aryl methyl sites for hydroxylation is 1. The number of nitro groups is 1. The number of benzene rings is 2. The summed E-state index contributed by atoms with van der Waals surface area (Å²) >= 11 is 3.54. The lowest BCUT2D eigenvalue weighted by Gasteiger charge is -2.15. The van der Waals surface area contributed by atoms with Crippen LogP contribution in [-0.2, 0) is 16.1 Å². The number of nitrogens with one attached hydrogen (secondary N) is 1. The van der Waals surface area contributed by atoms with Crippen LogP contribution in [0.3, 0.4) is 0 Å². The average Bonchev–Trinajstić information content (AvgIpc) is 2.57. The van der Waals surface area contributed by atoms with Gasteiger partial charge in [-0.1, -0.05) is 41.9 Å². The minimum absolute atomic E-state index is 0.0735. The molecule has 138 valence electrons. The van der Waals surface area contributed by atoms with Crippen molar-refractivity contribution < 1.29 is 14.5 Å². The Balaban J connectivity index is 1.96. The van der Waals surface area contributed by atoms with E-state index in [0.717, 1.165) is 15.6 Å². The normalized spacial score (nSPS) is 10.8. The summed E-state index contributed by atoms with van der Waals surface area (Å²) in [6, 6.07) is 9.94. The van der Waals surface area contributed by atoms with Crippen LogP contribution in [0.2, 0.25) is 0 Å². The van der Waals surface area contributed by atoms with Gasteiger partial charge >= 0.3 is 0 Å². The lowest BCUT2D eigenvalue weighted by atomic mass is 9.96. The second-order valence-electron chi connectivity index (χ2n) is 6.30. The molecule has 0 unspecified atom stereocenters. The number of non-ortho nitro benzene ring substituents is 1. The molecule has 0 spiro atoms. The fraction of sp³-hybridized carbons (Fsp3) is 0.316. The van der Waals surface area contributed by atoms with Gasteiger partial charge in [0.2, 0.25) is 5.91 Å². The molecule has 0 saturated heterocycles. The number of carbonyl (C=O) groups is 1. The zero-order chi connectivity index (χ0) is 19.3. The zero-order valence-corrected chi connectivity index (χ0v) is 16.5. The van der Waals surface area contributed by atoms with Crippen LogP contribution in [0.15, 0.2) is 40.9 Å². The first-order valence-electron chi connectivity index (χ1n) is 8.19. The molecular formula is C19H21BrN2O4. The van der Waals surface area contributed by atoms with Crippen LogP contribution in [0, 0.1) is 17.0 Å². The Morgan fingerprint density at radius 2 is 2.04 bits per heavy atom. The Labute approximate surface area is 160 Å². The van der Waals surface area contributed by atoms with Crippen molar-refractivity contribution in [2.45, 2.75) is 33.3 Å². The van der Waals surface area contributed by atoms with Crippen LogP contribution < -0.4 is 5.32 Å². The van der Waals surface area contributed by atoms with Gasteiger partial charge in [-0.2, -0.15) is 0 Å². The molecule has 26 heavy (non-hydrogen) atoms. The molecule has 0 aliphatic rings. The zero-order valence-electron chi connectivity index (χ0n) is 14.9. The molecule has 2 aromatic carbocycles. The third kappa shape index (κ3) is 5.37. The van der Waals surface area contributed by atoms with E-state index >= 15 is 0 Å². The summed E-state index contributed by atoms with van der Waals surface area (Å²) in [5, 5.41) is 13.4. The number of hydrogen-bond acceptors (Lipinski definition) is 4. The van der Waals surface area contributed by atoms with Crippen molar-refractivity contribution in [3.63, 3.8) is 0 Å². The number of nitrogens with zero attached hydrogens (tertiary/aromatic N) is 1. The molecule has 2 aromatic rings. The van der Waals surface area contributed by atoms with Crippen LogP contribution >= 0.6 is 15.9 Å². The van der Waals surface area contributed by atoms with E-state index in [1.165, 1.54) is 23.8 Å². The van der Waals surface area contributed by atoms with Crippen molar-refractivity contribution in [3.05, 3.63) is 67.7 Å². The highest BCUT2D eigenvalue weighted by atomic mass is 79.9. The fourth-order valence-corrected chi connectivity index (χ4v) is 2.93. The maximum Gasteiger partial charge on any atom is 0.271 e. The first-order chi connectivity index (χ1) is 12.3. The number of amides is 1. The van der Waals surface area contributed by atoms with Crippen LogP contribution in [0.4, 0.5) is 11.4 Å². The van der Waals surface area contributed by atoms with Gasteiger partial charge in [0.1, 0.15) is 6.61 Å². The Kier molecular flexibility index (Phi) is 6.88. The van der Waals surface area contributed by atoms with Gasteiger partial charge in [-0.3, -0.25) is 14.9 Å². The molecule has 6 nitrogen and oxygen atoms in total. The topological polar surface area (TPSA) is 81.5 Å². The standard InChI is InChI=1S/C19H21BrN2O4/c1-12(2)17-9-18(20)13(3)7-14(17)10-26-11-19(23)21-15-5-4-6-16(8-15)22(24)25/h4-9,12H,10-11H2,1-3H3,(H,21,23). The average molecular weight is 421 g/mol. The van der Waals surface area contributed by atoms with E-state index in [1.54, 1.807) is 6.07 Å². The highest BCUT2D eigenvalue weighted by molar-refractivity contribution is 9.10. The lowest BCUT2D eigenvalue weighted by molar-refractivity contribution is -0.384. The lowest BCUT2D eigenvalue weighted by Crippen LogP contribution is -2.18. The first kappa shape index (κ1) is 20.1. The molecule has 0 aliphatic heterocycles. The van der Waals surface area contributed by atoms with Crippen molar-refractivity contribution in [3.8, 4) is 0 Å². The Bertz CT molecular complexity index is 821. The quantitative estimate of drug-likeness (QED) is 0.507. The smallest absolute Gasteiger partial charge is 0.271 e. The predicted molar refractivity (Wildman–Crippen MR) is 104 cm³/mol.